The number of para-hydroxylation sites is 1. The Kier molecular flexibility index (Phi) is 8.99. The van der Waals surface area contributed by atoms with Gasteiger partial charge in [-0.05, 0) is 54.8 Å². The molecular weight excluding hydrogens is 494 g/mol. The third kappa shape index (κ3) is 7.28. The van der Waals surface area contributed by atoms with Crippen LogP contribution in [0.25, 0.3) is 0 Å². The zero-order valence-corrected chi connectivity index (χ0v) is 21.0. The highest BCUT2D eigenvalue weighted by atomic mass is 79.9. The molecule has 0 fully saturated rings. The first-order valence-corrected chi connectivity index (χ1v) is 11.8. The minimum Gasteiger partial charge on any atom is -0.488 e. The molecule has 0 aromatic heterocycles. The maximum absolute atomic E-state index is 12.7. The zero-order chi connectivity index (χ0) is 24.5. The highest BCUT2D eigenvalue weighted by Crippen LogP contribution is 2.18. The van der Waals surface area contributed by atoms with Gasteiger partial charge in [-0.3, -0.25) is 9.59 Å². The molecule has 7 heteroatoms. The number of aryl methyl sites for hydroxylation is 1. The number of benzene rings is 3. The van der Waals surface area contributed by atoms with Crippen molar-refractivity contribution in [1.29, 1.82) is 0 Å². The van der Waals surface area contributed by atoms with Crippen molar-refractivity contribution in [2.45, 2.75) is 33.4 Å². The van der Waals surface area contributed by atoms with Crippen molar-refractivity contribution in [1.82, 2.24) is 10.7 Å². The van der Waals surface area contributed by atoms with Crippen molar-refractivity contribution in [3.63, 3.8) is 0 Å². The van der Waals surface area contributed by atoms with Crippen molar-refractivity contribution in [2.75, 3.05) is 0 Å². The lowest BCUT2D eigenvalue weighted by Crippen LogP contribution is -2.48. The summed E-state index contributed by atoms with van der Waals surface area (Å²) in [6.07, 6.45) is 1.54. The van der Waals surface area contributed by atoms with Crippen molar-refractivity contribution < 1.29 is 14.3 Å². The number of ether oxygens (including phenoxy) is 1. The first kappa shape index (κ1) is 25.2. The lowest BCUT2D eigenvalue weighted by atomic mass is 10.0. The van der Waals surface area contributed by atoms with Crippen molar-refractivity contribution >= 4 is 34.0 Å². The normalized spacial score (nSPS) is 11.9. The molecule has 176 valence electrons. The standard InChI is InChI=1S/C27H28BrN3O3/c1-18(2)25(30-26(32)21-12-8-19(3)9-13-21)27(33)31-29-16-22-6-4-5-7-24(22)34-17-20-10-14-23(28)15-11-20/h4-16,18,25H,17H2,1-3H3,(H,30,32)(H,31,33)/b29-16+. The molecule has 3 rings (SSSR count). The van der Waals surface area contributed by atoms with E-state index in [1.165, 1.54) is 6.21 Å². The van der Waals surface area contributed by atoms with Crippen molar-refractivity contribution in [3.05, 3.63) is 99.5 Å². The van der Waals surface area contributed by atoms with E-state index in [0.717, 1.165) is 21.2 Å². The first-order valence-electron chi connectivity index (χ1n) is 11.0. The van der Waals surface area contributed by atoms with Gasteiger partial charge in [-0.1, -0.05) is 71.7 Å². The predicted molar refractivity (Wildman–Crippen MR) is 138 cm³/mol. The molecule has 0 aliphatic rings. The number of rotatable bonds is 9. The van der Waals surface area contributed by atoms with E-state index < -0.39 is 6.04 Å². The van der Waals surface area contributed by atoms with Crippen LogP contribution < -0.4 is 15.5 Å². The Morgan fingerprint density at radius 3 is 2.35 bits per heavy atom. The van der Waals surface area contributed by atoms with Crippen LogP contribution in [0.15, 0.2) is 82.4 Å². The minimum atomic E-state index is -0.727. The Morgan fingerprint density at radius 1 is 1.00 bits per heavy atom. The molecule has 0 saturated heterocycles. The molecule has 1 unspecified atom stereocenters. The Hall–Kier alpha value is -3.45. The lowest BCUT2D eigenvalue weighted by molar-refractivity contribution is -0.123. The van der Waals surface area contributed by atoms with Gasteiger partial charge in [-0.25, -0.2) is 5.43 Å². The second-order valence-electron chi connectivity index (χ2n) is 8.25. The largest absolute Gasteiger partial charge is 0.488 e. The molecule has 0 heterocycles. The lowest BCUT2D eigenvalue weighted by Gasteiger charge is -2.20. The van der Waals surface area contributed by atoms with Gasteiger partial charge in [0.2, 0.25) is 0 Å². The van der Waals surface area contributed by atoms with Crippen LogP contribution in [0, 0.1) is 12.8 Å². The molecule has 0 saturated carbocycles. The van der Waals surface area contributed by atoms with Gasteiger partial charge in [0.25, 0.3) is 11.8 Å². The fraction of sp³-hybridized carbons (Fsp3) is 0.222. The fourth-order valence-corrected chi connectivity index (χ4v) is 3.42. The summed E-state index contributed by atoms with van der Waals surface area (Å²) in [4.78, 5) is 25.3. The topological polar surface area (TPSA) is 79.8 Å². The van der Waals surface area contributed by atoms with Gasteiger partial charge < -0.3 is 10.1 Å². The van der Waals surface area contributed by atoms with E-state index in [-0.39, 0.29) is 17.7 Å². The van der Waals surface area contributed by atoms with Crippen LogP contribution in [0.3, 0.4) is 0 Å². The molecular formula is C27H28BrN3O3. The quantitative estimate of drug-likeness (QED) is 0.298. The van der Waals surface area contributed by atoms with Gasteiger partial charge >= 0.3 is 0 Å². The first-order chi connectivity index (χ1) is 16.3. The van der Waals surface area contributed by atoms with Crippen LogP contribution in [-0.2, 0) is 11.4 Å². The summed E-state index contributed by atoms with van der Waals surface area (Å²) in [5.74, 6) is -0.160. The van der Waals surface area contributed by atoms with E-state index in [1.54, 1.807) is 12.1 Å². The van der Waals surface area contributed by atoms with E-state index in [1.807, 2.05) is 81.4 Å². The highest BCUT2D eigenvalue weighted by molar-refractivity contribution is 9.10. The number of nitrogens with zero attached hydrogens (tertiary/aromatic N) is 1. The molecule has 2 N–H and O–H groups in total. The molecule has 2 amide bonds. The minimum absolute atomic E-state index is 0.119. The Labute approximate surface area is 208 Å². The summed E-state index contributed by atoms with van der Waals surface area (Å²) in [6.45, 7) is 6.10. The Balaban J connectivity index is 1.61. The van der Waals surface area contributed by atoms with Crippen LogP contribution in [-0.4, -0.2) is 24.1 Å². The number of hydrogen-bond acceptors (Lipinski definition) is 4. The van der Waals surface area contributed by atoms with Crippen molar-refractivity contribution in [2.24, 2.45) is 11.0 Å². The van der Waals surface area contributed by atoms with E-state index in [4.69, 9.17) is 4.74 Å². The number of hydrazone groups is 1. The van der Waals surface area contributed by atoms with E-state index in [9.17, 15) is 9.59 Å². The molecule has 6 nitrogen and oxygen atoms in total. The van der Waals surface area contributed by atoms with Crippen molar-refractivity contribution in [3.8, 4) is 5.75 Å². The maximum atomic E-state index is 12.7. The van der Waals surface area contributed by atoms with Crippen LogP contribution in [0.5, 0.6) is 5.75 Å². The SMILES string of the molecule is Cc1ccc(C(=O)NC(C(=O)N/N=C/c2ccccc2OCc2ccc(Br)cc2)C(C)C)cc1. The molecule has 0 aliphatic heterocycles. The van der Waals surface area contributed by atoms with Gasteiger partial charge in [0, 0.05) is 15.6 Å². The molecule has 3 aromatic rings. The highest BCUT2D eigenvalue weighted by Gasteiger charge is 2.24. The summed E-state index contributed by atoms with van der Waals surface area (Å²) in [5.41, 5.74) is 5.87. The van der Waals surface area contributed by atoms with Crippen LogP contribution in [0.4, 0.5) is 0 Å². The molecule has 1 atom stereocenters. The summed E-state index contributed by atoms with van der Waals surface area (Å²) >= 11 is 3.42. The molecule has 3 aromatic carbocycles. The van der Waals surface area contributed by atoms with E-state index in [0.29, 0.717) is 17.9 Å². The summed E-state index contributed by atoms with van der Waals surface area (Å²) < 4.78 is 6.95. The average Bonchev–Trinajstić information content (AvgIpc) is 2.83. The summed E-state index contributed by atoms with van der Waals surface area (Å²) in [7, 11) is 0. The Bertz CT molecular complexity index is 1140. The van der Waals surface area contributed by atoms with Gasteiger partial charge in [0.1, 0.15) is 18.4 Å². The third-order valence-corrected chi connectivity index (χ3v) is 5.68. The maximum Gasteiger partial charge on any atom is 0.262 e. The molecule has 34 heavy (non-hydrogen) atoms. The van der Waals surface area contributed by atoms with E-state index >= 15 is 0 Å². The molecule has 0 radical (unpaired) electrons. The number of hydrogen-bond donors (Lipinski definition) is 2. The average molecular weight is 522 g/mol. The number of amides is 2. The van der Waals surface area contributed by atoms with E-state index in [2.05, 4.69) is 31.8 Å². The van der Waals surface area contributed by atoms with Gasteiger partial charge in [-0.2, -0.15) is 5.10 Å². The second kappa shape index (κ2) is 12.1. The fourth-order valence-electron chi connectivity index (χ4n) is 3.16. The third-order valence-electron chi connectivity index (χ3n) is 5.15. The van der Waals surface area contributed by atoms with Crippen LogP contribution in [0.2, 0.25) is 0 Å². The smallest absolute Gasteiger partial charge is 0.262 e. The number of carbonyl (C=O) groups is 2. The summed E-state index contributed by atoms with van der Waals surface area (Å²) in [6, 6.07) is 21.8. The second-order valence-corrected chi connectivity index (χ2v) is 9.16. The number of nitrogens with one attached hydrogen (secondary N) is 2. The van der Waals surface area contributed by atoms with Gasteiger partial charge in [-0.15, -0.1) is 0 Å². The molecule has 0 spiro atoms. The zero-order valence-electron chi connectivity index (χ0n) is 19.4. The number of carbonyl (C=O) groups excluding carboxylic acids is 2. The molecule has 0 bridgehead atoms. The predicted octanol–water partition coefficient (Wildman–Crippen LogP) is 5.24. The molecule has 0 aliphatic carbocycles. The summed E-state index contributed by atoms with van der Waals surface area (Å²) in [5, 5.41) is 6.90. The monoisotopic (exact) mass is 521 g/mol. The Morgan fingerprint density at radius 2 is 1.68 bits per heavy atom. The van der Waals surface area contributed by atoms with Gasteiger partial charge in [0.15, 0.2) is 0 Å². The van der Waals surface area contributed by atoms with Crippen LogP contribution >= 0.6 is 15.9 Å². The number of halogens is 1. The van der Waals surface area contributed by atoms with Gasteiger partial charge in [0.05, 0.1) is 6.21 Å². The van der Waals surface area contributed by atoms with Crippen LogP contribution in [0.1, 0.15) is 40.9 Å².